The highest BCUT2D eigenvalue weighted by Gasteiger charge is 2.17. The van der Waals surface area contributed by atoms with Gasteiger partial charge in [-0.05, 0) is 14.0 Å². The van der Waals surface area contributed by atoms with Crippen LogP contribution in [0.3, 0.4) is 0 Å². The van der Waals surface area contributed by atoms with E-state index in [-0.39, 0.29) is 12.1 Å². The van der Waals surface area contributed by atoms with Crippen molar-refractivity contribution in [2.24, 2.45) is 0 Å². The van der Waals surface area contributed by atoms with Gasteiger partial charge in [-0.3, -0.25) is 0 Å². The summed E-state index contributed by atoms with van der Waals surface area (Å²) in [6, 6.07) is 2.67. The number of hydrogen-bond donors (Lipinski definition) is 2. The van der Waals surface area contributed by atoms with Gasteiger partial charge in [-0.2, -0.15) is 0 Å². The summed E-state index contributed by atoms with van der Waals surface area (Å²) >= 11 is 0. The van der Waals surface area contributed by atoms with Crippen molar-refractivity contribution in [1.82, 2.24) is 10.6 Å². The quantitative estimate of drug-likeness (QED) is 0.356. The lowest BCUT2D eigenvalue weighted by Crippen LogP contribution is -2.41. The highest BCUT2D eigenvalue weighted by atomic mass is 16.5. The zero-order valence-electron chi connectivity index (χ0n) is 10.5. The van der Waals surface area contributed by atoms with Crippen LogP contribution in [0.1, 0.15) is 6.92 Å². The van der Waals surface area contributed by atoms with Gasteiger partial charge >= 0.3 is 0 Å². The molecule has 4 nitrogen and oxygen atoms in total. The van der Waals surface area contributed by atoms with Crippen LogP contribution in [0, 0.1) is 12.5 Å². The molecule has 0 aliphatic heterocycles. The van der Waals surface area contributed by atoms with Gasteiger partial charge in [0.05, 0.1) is 18.8 Å². The van der Waals surface area contributed by atoms with Gasteiger partial charge in [-0.25, -0.2) is 0 Å². The van der Waals surface area contributed by atoms with Crippen molar-refractivity contribution in [3.63, 3.8) is 0 Å². The van der Waals surface area contributed by atoms with Crippen LogP contribution in [0.2, 0.25) is 0 Å². The molecular formula is C12H22N2O2. The first-order chi connectivity index (χ1) is 7.69. The molecule has 0 heterocycles. The van der Waals surface area contributed by atoms with Gasteiger partial charge in [-0.1, -0.05) is 18.6 Å². The Morgan fingerprint density at radius 3 is 2.50 bits per heavy atom. The van der Waals surface area contributed by atoms with Gasteiger partial charge in [0.15, 0.2) is 0 Å². The Hall–Kier alpha value is -1.02. The molecule has 0 aliphatic rings. The van der Waals surface area contributed by atoms with Gasteiger partial charge in [0.2, 0.25) is 0 Å². The fourth-order valence-electron chi connectivity index (χ4n) is 1.25. The monoisotopic (exact) mass is 226 g/mol. The number of likely N-dealkylation sites (N-methyl/N-ethyl adjacent to an activating group) is 1. The van der Waals surface area contributed by atoms with E-state index in [2.05, 4.69) is 23.6 Å². The number of nitrogens with one attached hydrogen (secondary N) is 2. The lowest BCUT2D eigenvalue weighted by atomic mass is 10.1. The lowest BCUT2D eigenvalue weighted by molar-refractivity contribution is 0.0684. The van der Waals surface area contributed by atoms with E-state index in [9.17, 15) is 0 Å². The Kier molecular flexibility index (Phi) is 8.64. The van der Waals surface area contributed by atoms with Crippen molar-refractivity contribution in [1.29, 1.82) is 0 Å². The standard InChI is InChI=1S/C12H22N2O2/c1-6-14-11(9-15-4)12(16-5)8-7-10(2)13-3/h1,7-8,10-14H,9H2,2-5H3/b8-7+/t10?,11?,12-/m0/s1. The number of rotatable bonds is 8. The molecule has 3 atom stereocenters. The summed E-state index contributed by atoms with van der Waals surface area (Å²) in [5.41, 5.74) is 0. The second-order valence-corrected chi connectivity index (χ2v) is 3.51. The summed E-state index contributed by atoms with van der Waals surface area (Å²) in [7, 11) is 5.20. The van der Waals surface area contributed by atoms with Crippen molar-refractivity contribution in [2.75, 3.05) is 27.9 Å². The van der Waals surface area contributed by atoms with Gasteiger partial charge in [0.1, 0.15) is 0 Å². The molecule has 0 aromatic heterocycles. The van der Waals surface area contributed by atoms with Crippen LogP contribution in [0.4, 0.5) is 0 Å². The van der Waals surface area contributed by atoms with Crippen LogP contribution in [-0.4, -0.2) is 46.1 Å². The first-order valence-corrected chi connectivity index (χ1v) is 5.28. The maximum atomic E-state index is 5.36. The van der Waals surface area contributed by atoms with Gasteiger partial charge in [0, 0.05) is 26.3 Å². The fraction of sp³-hybridized carbons (Fsp3) is 0.667. The summed E-state index contributed by atoms with van der Waals surface area (Å²) < 4.78 is 10.4. The van der Waals surface area contributed by atoms with E-state index in [0.29, 0.717) is 12.6 Å². The number of ether oxygens (including phenoxy) is 2. The number of hydrogen-bond acceptors (Lipinski definition) is 4. The highest BCUT2D eigenvalue weighted by molar-refractivity contribution is 5.02. The topological polar surface area (TPSA) is 42.5 Å². The summed E-state index contributed by atoms with van der Waals surface area (Å²) in [6.07, 6.45) is 9.14. The Labute approximate surface area is 98.4 Å². The van der Waals surface area contributed by atoms with Gasteiger partial charge < -0.3 is 20.1 Å². The van der Waals surface area contributed by atoms with E-state index in [1.54, 1.807) is 14.2 Å². The molecule has 4 heteroatoms. The van der Waals surface area contributed by atoms with Gasteiger partial charge in [-0.15, -0.1) is 0 Å². The maximum absolute atomic E-state index is 5.36. The first-order valence-electron chi connectivity index (χ1n) is 5.28. The number of terminal acetylenes is 1. The lowest BCUT2D eigenvalue weighted by Gasteiger charge is -2.22. The van der Waals surface area contributed by atoms with Crippen LogP contribution in [0.5, 0.6) is 0 Å². The van der Waals surface area contributed by atoms with E-state index in [1.807, 2.05) is 19.2 Å². The third-order valence-electron chi connectivity index (χ3n) is 2.33. The molecule has 0 saturated carbocycles. The molecule has 0 fully saturated rings. The Morgan fingerprint density at radius 2 is 2.06 bits per heavy atom. The average Bonchev–Trinajstić information content (AvgIpc) is 2.30. The van der Waals surface area contributed by atoms with Crippen LogP contribution in [0.25, 0.3) is 0 Å². The second kappa shape index (κ2) is 9.22. The van der Waals surface area contributed by atoms with E-state index < -0.39 is 0 Å². The molecule has 0 bridgehead atoms. The molecule has 2 unspecified atom stereocenters. The molecular weight excluding hydrogens is 204 g/mol. The molecule has 0 saturated heterocycles. The van der Waals surface area contributed by atoms with E-state index in [1.165, 1.54) is 0 Å². The van der Waals surface area contributed by atoms with Crippen molar-refractivity contribution in [2.45, 2.75) is 25.1 Å². The van der Waals surface area contributed by atoms with Crippen LogP contribution in [-0.2, 0) is 9.47 Å². The van der Waals surface area contributed by atoms with Crippen LogP contribution in [0.15, 0.2) is 12.2 Å². The zero-order valence-corrected chi connectivity index (χ0v) is 10.5. The minimum Gasteiger partial charge on any atom is -0.382 e. The molecule has 0 radical (unpaired) electrons. The third kappa shape index (κ3) is 5.76. The Morgan fingerprint density at radius 1 is 1.38 bits per heavy atom. The number of methoxy groups -OCH3 is 2. The summed E-state index contributed by atoms with van der Waals surface area (Å²) in [5.74, 6) is 0. The normalized spacial score (nSPS) is 16.7. The van der Waals surface area contributed by atoms with Crippen molar-refractivity contribution in [3.05, 3.63) is 12.2 Å². The molecule has 0 rings (SSSR count). The van der Waals surface area contributed by atoms with Gasteiger partial charge in [0.25, 0.3) is 0 Å². The predicted molar refractivity (Wildman–Crippen MR) is 66.1 cm³/mol. The third-order valence-corrected chi connectivity index (χ3v) is 2.33. The summed E-state index contributed by atoms with van der Waals surface area (Å²) in [4.78, 5) is 0. The summed E-state index contributed by atoms with van der Waals surface area (Å²) in [5, 5.41) is 6.00. The SMILES string of the molecule is C#CNC(COC)[C@H](/C=C/C(C)NC)OC. The fourth-order valence-corrected chi connectivity index (χ4v) is 1.25. The zero-order chi connectivity index (χ0) is 12.4. The van der Waals surface area contributed by atoms with Crippen LogP contribution >= 0.6 is 0 Å². The average molecular weight is 226 g/mol. The molecule has 16 heavy (non-hydrogen) atoms. The Balaban J connectivity index is 4.41. The molecule has 0 amide bonds. The summed E-state index contributed by atoms with van der Waals surface area (Å²) in [6.45, 7) is 2.56. The first kappa shape index (κ1) is 15.0. The smallest absolute Gasteiger partial charge is 0.0982 e. The van der Waals surface area contributed by atoms with Crippen molar-refractivity contribution >= 4 is 0 Å². The molecule has 92 valence electrons. The molecule has 0 aromatic rings. The van der Waals surface area contributed by atoms with Crippen molar-refractivity contribution < 1.29 is 9.47 Å². The molecule has 0 aliphatic carbocycles. The van der Waals surface area contributed by atoms with E-state index in [0.717, 1.165) is 0 Å². The second-order valence-electron chi connectivity index (χ2n) is 3.51. The Bertz CT molecular complexity index is 236. The largest absolute Gasteiger partial charge is 0.382 e. The molecule has 0 spiro atoms. The van der Waals surface area contributed by atoms with Crippen molar-refractivity contribution in [3.8, 4) is 12.5 Å². The minimum absolute atomic E-state index is 0.0414. The van der Waals surface area contributed by atoms with Crippen LogP contribution < -0.4 is 10.6 Å². The molecule has 0 aromatic carbocycles. The molecule has 2 N–H and O–H groups in total. The minimum atomic E-state index is -0.105. The van der Waals surface area contributed by atoms with E-state index in [4.69, 9.17) is 15.9 Å². The predicted octanol–water partition coefficient (Wildman–Crippen LogP) is 0.361. The highest BCUT2D eigenvalue weighted by Crippen LogP contribution is 2.02. The maximum Gasteiger partial charge on any atom is 0.0982 e. The van der Waals surface area contributed by atoms with E-state index >= 15 is 0 Å².